The molecule has 92 valence electrons. The highest BCUT2D eigenvalue weighted by molar-refractivity contribution is 9.09. The van der Waals surface area contributed by atoms with E-state index in [0.29, 0.717) is 17.4 Å². The minimum Gasteiger partial charge on any atom is -0.480 e. The summed E-state index contributed by atoms with van der Waals surface area (Å²) in [6, 6.07) is 3.52. The molecule has 17 heavy (non-hydrogen) atoms. The second-order valence-electron chi connectivity index (χ2n) is 4.12. The number of halogens is 1. The first-order valence-electron chi connectivity index (χ1n) is 5.60. The van der Waals surface area contributed by atoms with Crippen LogP contribution in [0.2, 0.25) is 0 Å². The lowest BCUT2D eigenvalue weighted by Crippen LogP contribution is -2.29. The Morgan fingerprint density at radius 2 is 2.53 bits per heavy atom. The number of pyridine rings is 1. The van der Waals surface area contributed by atoms with Crippen LogP contribution in [0.4, 0.5) is 0 Å². The highest BCUT2D eigenvalue weighted by Crippen LogP contribution is 2.23. The maximum atomic E-state index is 12.3. The number of carbonyl (C=O) groups excluding carboxylic acids is 1. The van der Waals surface area contributed by atoms with Gasteiger partial charge < -0.3 is 9.64 Å². The van der Waals surface area contributed by atoms with Crippen molar-refractivity contribution >= 4 is 21.8 Å². The normalized spacial score (nSPS) is 19.4. The van der Waals surface area contributed by atoms with Gasteiger partial charge in [-0.05, 0) is 24.5 Å². The molecule has 0 radical (unpaired) electrons. The van der Waals surface area contributed by atoms with Gasteiger partial charge in [0.25, 0.3) is 5.91 Å². The zero-order chi connectivity index (χ0) is 12.3. The fourth-order valence-electron chi connectivity index (χ4n) is 2.03. The Kier molecular flexibility index (Phi) is 3.99. The molecular weight excluding hydrogens is 284 g/mol. The Bertz CT molecular complexity index is 411. The summed E-state index contributed by atoms with van der Waals surface area (Å²) in [6.07, 6.45) is 2.68. The minimum absolute atomic E-state index is 0.0124. The number of amides is 1. The molecule has 0 bridgehead atoms. The van der Waals surface area contributed by atoms with E-state index in [1.165, 1.54) is 7.11 Å². The maximum Gasteiger partial charge on any atom is 0.259 e. The van der Waals surface area contributed by atoms with Gasteiger partial charge in [0.15, 0.2) is 0 Å². The Labute approximate surface area is 109 Å². The first-order chi connectivity index (χ1) is 8.26. The topological polar surface area (TPSA) is 42.4 Å². The van der Waals surface area contributed by atoms with Gasteiger partial charge >= 0.3 is 0 Å². The van der Waals surface area contributed by atoms with Crippen LogP contribution in [-0.4, -0.2) is 41.3 Å². The molecular formula is C12H15BrN2O2. The molecule has 1 aromatic heterocycles. The molecule has 5 heteroatoms. The van der Waals surface area contributed by atoms with Gasteiger partial charge in [-0.3, -0.25) is 4.79 Å². The molecule has 1 amide bonds. The lowest BCUT2D eigenvalue weighted by Gasteiger charge is -2.17. The van der Waals surface area contributed by atoms with E-state index < -0.39 is 0 Å². The molecule has 2 rings (SSSR count). The monoisotopic (exact) mass is 298 g/mol. The number of alkyl halides is 1. The van der Waals surface area contributed by atoms with E-state index in [2.05, 4.69) is 20.9 Å². The van der Waals surface area contributed by atoms with Crippen LogP contribution < -0.4 is 4.74 Å². The molecule has 2 heterocycles. The number of aromatic nitrogens is 1. The summed E-state index contributed by atoms with van der Waals surface area (Å²) >= 11 is 3.46. The van der Waals surface area contributed by atoms with Gasteiger partial charge in [0.2, 0.25) is 5.88 Å². The molecule has 4 nitrogen and oxygen atoms in total. The van der Waals surface area contributed by atoms with E-state index in [-0.39, 0.29) is 5.91 Å². The first-order valence-corrected chi connectivity index (χ1v) is 6.72. The van der Waals surface area contributed by atoms with E-state index >= 15 is 0 Å². The number of likely N-dealkylation sites (tertiary alicyclic amines) is 1. The van der Waals surface area contributed by atoms with E-state index in [1.54, 1.807) is 18.3 Å². The van der Waals surface area contributed by atoms with Gasteiger partial charge in [-0.25, -0.2) is 4.98 Å². The molecule has 1 aliphatic rings. The third kappa shape index (κ3) is 2.60. The molecule has 1 aromatic rings. The number of rotatable bonds is 3. The summed E-state index contributed by atoms with van der Waals surface area (Å²) in [5, 5.41) is 0.945. The van der Waals surface area contributed by atoms with Crippen LogP contribution in [0.1, 0.15) is 16.8 Å². The van der Waals surface area contributed by atoms with Crippen LogP contribution in [0.25, 0.3) is 0 Å². The van der Waals surface area contributed by atoms with Gasteiger partial charge in [0, 0.05) is 24.6 Å². The van der Waals surface area contributed by atoms with Crippen molar-refractivity contribution in [3.8, 4) is 5.88 Å². The Morgan fingerprint density at radius 3 is 3.18 bits per heavy atom. The number of ether oxygens (including phenoxy) is 1. The average molecular weight is 299 g/mol. The van der Waals surface area contributed by atoms with Crippen molar-refractivity contribution in [2.24, 2.45) is 5.92 Å². The summed E-state index contributed by atoms with van der Waals surface area (Å²) in [4.78, 5) is 18.2. The molecule has 0 N–H and O–H groups in total. The van der Waals surface area contributed by atoms with Gasteiger partial charge in [0.05, 0.1) is 7.11 Å². The Balaban J connectivity index is 2.15. The molecule has 0 spiro atoms. The minimum atomic E-state index is 0.0124. The van der Waals surface area contributed by atoms with Crippen molar-refractivity contribution in [1.82, 2.24) is 9.88 Å². The standard InChI is InChI=1S/C12H15BrN2O2/c1-17-11-10(3-2-5-14-11)12(16)15-6-4-9(7-13)8-15/h2-3,5,9H,4,6-8H2,1H3. The summed E-state index contributed by atoms with van der Waals surface area (Å²) in [6.45, 7) is 1.62. The number of carbonyl (C=O) groups is 1. The van der Waals surface area contributed by atoms with E-state index in [1.807, 2.05) is 4.90 Å². The van der Waals surface area contributed by atoms with Crippen LogP contribution in [-0.2, 0) is 0 Å². The zero-order valence-corrected chi connectivity index (χ0v) is 11.3. The van der Waals surface area contributed by atoms with Crippen molar-refractivity contribution in [2.75, 3.05) is 25.5 Å². The van der Waals surface area contributed by atoms with Crippen LogP contribution >= 0.6 is 15.9 Å². The molecule has 1 saturated heterocycles. The van der Waals surface area contributed by atoms with Gasteiger partial charge in [-0.15, -0.1) is 0 Å². The summed E-state index contributed by atoms with van der Waals surface area (Å²) < 4.78 is 5.11. The Hall–Kier alpha value is -1.10. The van der Waals surface area contributed by atoms with Crippen molar-refractivity contribution in [2.45, 2.75) is 6.42 Å². The predicted octanol–water partition coefficient (Wildman–Crippen LogP) is 1.95. The SMILES string of the molecule is COc1ncccc1C(=O)N1CCC(CBr)C1. The highest BCUT2D eigenvalue weighted by atomic mass is 79.9. The highest BCUT2D eigenvalue weighted by Gasteiger charge is 2.27. The number of hydrogen-bond acceptors (Lipinski definition) is 3. The number of hydrogen-bond donors (Lipinski definition) is 0. The second kappa shape index (κ2) is 5.49. The smallest absolute Gasteiger partial charge is 0.259 e. The van der Waals surface area contributed by atoms with Crippen LogP contribution in [0.3, 0.4) is 0 Å². The molecule has 1 fully saturated rings. The largest absolute Gasteiger partial charge is 0.480 e. The van der Waals surface area contributed by atoms with Gasteiger partial charge in [-0.1, -0.05) is 15.9 Å². The van der Waals surface area contributed by atoms with Gasteiger partial charge in [0.1, 0.15) is 5.56 Å². The number of methoxy groups -OCH3 is 1. The van der Waals surface area contributed by atoms with Crippen LogP contribution in [0, 0.1) is 5.92 Å². The van der Waals surface area contributed by atoms with E-state index in [9.17, 15) is 4.79 Å². The van der Waals surface area contributed by atoms with Gasteiger partial charge in [-0.2, -0.15) is 0 Å². The van der Waals surface area contributed by atoms with Crippen molar-refractivity contribution in [1.29, 1.82) is 0 Å². The lowest BCUT2D eigenvalue weighted by molar-refractivity contribution is 0.0784. The maximum absolute atomic E-state index is 12.3. The van der Waals surface area contributed by atoms with Crippen molar-refractivity contribution < 1.29 is 9.53 Å². The van der Waals surface area contributed by atoms with E-state index in [4.69, 9.17) is 4.74 Å². The Morgan fingerprint density at radius 1 is 1.71 bits per heavy atom. The third-order valence-corrected chi connectivity index (χ3v) is 3.90. The second-order valence-corrected chi connectivity index (χ2v) is 4.77. The van der Waals surface area contributed by atoms with Crippen molar-refractivity contribution in [3.63, 3.8) is 0 Å². The van der Waals surface area contributed by atoms with Crippen molar-refractivity contribution in [3.05, 3.63) is 23.9 Å². The third-order valence-electron chi connectivity index (χ3n) is 2.99. The molecule has 0 aliphatic carbocycles. The van der Waals surface area contributed by atoms with Crippen LogP contribution in [0.5, 0.6) is 5.88 Å². The molecule has 1 atom stereocenters. The zero-order valence-electron chi connectivity index (χ0n) is 9.73. The molecule has 1 aliphatic heterocycles. The quantitative estimate of drug-likeness (QED) is 0.801. The number of nitrogens with zero attached hydrogens (tertiary/aromatic N) is 2. The molecule has 1 unspecified atom stereocenters. The first kappa shape index (κ1) is 12.4. The average Bonchev–Trinajstić information content (AvgIpc) is 2.86. The summed E-state index contributed by atoms with van der Waals surface area (Å²) in [7, 11) is 1.53. The summed E-state index contributed by atoms with van der Waals surface area (Å²) in [5.41, 5.74) is 0.547. The predicted molar refractivity (Wildman–Crippen MR) is 68.6 cm³/mol. The fraction of sp³-hybridized carbons (Fsp3) is 0.500. The lowest BCUT2D eigenvalue weighted by atomic mass is 10.2. The molecule has 0 saturated carbocycles. The fourth-order valence-corrected chi connectivity index (χ4v) is 2.56. The van der Waals surface area contributed by atoms with Crippen LogP contribution in [0.15, 0.2) is 18.3 Å². The summed E-state index contributed by atoms with van der Waals surface area (Å²) in [5.74, 6) is 0.972. The molecule has 0 aromatic carbocycles. The van der Waals surface area contributed by atoms with E-state index in [0.717, 1.165) is 24.8 Å².